The summed E-state index contributed by atoms with van der Waals surface area (Å²) in [6.45, 7) is 0.162. The zero-order valence-corrected chi connectivity index (χ0v) is 13.5. The van der Waals surface area contributed by atoms with E-state index in [9.17, 15) is 9.59 Å². The summed E-state index contributed by atoms with van der Waals surface area (Å²) in [5.41, 5.74) is 1.27. The number of para-hydroxylation sites is 1. The van der Waals surface area contributed by atoms with Crippen LogP contribution in [0.2, 0.25) is 0 Å². The third kappa shape index (κ3) is 3.79. The lowest BCUT2D eigenvalue weighted by Crippen LogP contribution is -2.43. The van der Waals surface area contributed by atoms with Crippen molar-refractivity contribution in [2.45, 2.75) is 4.34 Å². The first-order valence-corrected chi connectivity index (χ1v) is 8.46. The third-order valence-electron chi connectivity index (χ3n) is 2.94. The summed E-state index contributed by atoms with van der Waals surface area (Å²) in [4.78, 5) is 29.3. The molecular weight excluding hydrogens is 323 g/mol. The molecule has 0 N–H and O–H groups in total. The molecule has 9 heteroatoms. The first kappa shape index (κ1) is 15.3. The number of fused-ring (bicyclic) bond motifs is 1. The van der Waals surface area contributed by atoms with E-state index in [1.54, 1.807) is 23.3 Å². The molecule has 0 amide bonds. The second-order valence-electron chi connectivity index (χ2n) is 4.84. The molecule has 1 aliphatic rings. The van der Waals surface area contributed by atoms with Gasteiger partial charge in [-0.05, 0) is 19.2 Å². The number of nitrogens with zero attached hydrogens (tertiary/aromatic N) is 2. The summed E-state index contributed by atoms with van der Waals surface area (Å²) in [6.07, 6.45) is 0. The van der Waals surface area contributed by atoms with E-state index in [0.29, 0.717) is 5.65 Å². The maximum atomic E-state index is 11.6. The summed E-state index contributed by atoms with van der Waals surface area (Å²) in [5.74, 6) is -0.796. The Hall–Kier alpha value is -1.58. The van der Waals surface area contributed by atoms with Crippen LogP contribution in [0.15, 0.2) is 28.6 Å². The predicted octanol–water partition coefficient (Wildman–Crippen LogP) is 1.45. The number of carbonyl (C=O) groups excluding carboxylic acids is 2. The molecule has 6 nitrogen and oxygen atoms in total. The van der Waals surface area contributed by atoms with E-state index in [1.807, 2.05) is 24.3 Å². The van der Waals surface area contributed by atoms with E-state index >= 15 is 0 Å². The number of thioether (sulfide) groups is 1. The van der Waals surface area contributed by atoms with Crippen LogP contribution in [0.3, 0.4) is 0 Å². The van der Waals surface area contributed by atoms with Crippen LogP contribution in [-0.2, 0) is 18.9 Å². The van der Waals surface area contributed by atoms with Crippen LogP contribution in [0.25, 0.3) is 10.2 Å². The van der Waals surface area contributed by atoms with Crippen molar-refractivity contribution in [3.63, 3.8) is 0 Å². The van der Waals surface area contributed by atoms with E-state index in [0.717, 1.165) is 14.6 Å². The molecule has 114 valence electrons. The fraction of sp³-hybridized carbons (Fsp3) is 0.308. The van der Waals surface area contributed by atoms with Crippen LogP contribution < -0.4 is 0 Å². The largest absolute Gasteiger partial charge is 0.609 e. The lowest BCUT2D eigenvalue weighted by Gasteiger charge is -2.22. The van der Waals surface area contributed by atoms with Gasteiger partial charge in [0.2, 0.25) is 0 Å². The van der Waals surface area contributed by atoms with Gasteiger partial charge < -0.3 is 9.31 Å². The summed E-state index contributed by atoms with van der Waals surface area (Å²) < 4.78 is 12.3. The van der Waals surface area contributed by atoms with Gasteiger partial charge in [0.25, 0.3) is 0 Å². The molecular formula is C13H13BN2O4S2. The summed E-state index contributed by atoms with van der Waals surface area (Å²) >= 11 is 2.97. The highest BCUT2D eigenvalue weighted by Crippen LogP contribution is 2.29. The highest BCUT2D eigenvalue weighted by molar-refractivity contribution is 8.02. The van der Waals surface area contributed by atoms with Gasteiger partial charge in [0.1, 0.15) is 0 Å². The number of hydrogen-bond acceptors (Lipinski definition) is 8. The van der Waals surface area contributed by atoms with Crippen molar-refractivity contribution in [3.8, 4) is 0 Å². The van der Waals surface area contributed by atoms with Gasteiger partial charge in [-0.15, -0.1) is 11.3 Å². The van der Waals surface area contributed by atoms with Gasteiger partial charge in [0.05, 0.1) is 29.0 Å². The van der Waals surface area contributed by atoms with Crippen molar-refractivity contribution in [3.05, 3.63) is 24.3 Å². The number of benzene rings is 1. The predicted molar refractivity (Wildman–Crippen MR) is 85.8 cm³/mol. The zero-order valence-electron chi connectivity index (χ0n) is 11.9. The maximum Gasteiger partial charge on any atom is 0.609 e. The molecule has 2 heterocycles. The quantitative estimate of drug-likeness (QED) is 0.621. The molecule has 1 aromatic carbocycles. The SMILES string of the molecule is CN1CC(=O)OB(CSc2nc3ccccc3s2)OC(=O)C1. The second kappa shape index (κ2) is 6.68. The van der Waals surface area contributed by atoms with Crippen LogP contribution in [0.5, 0.6) is 0 Å². The molecule has 0 atom stereocenters. The van der Waals surface area contributed by atoms with E-state index in [1.165, 1.54) is 11.8 Å². The first-order chi connectivity index (χ1) is 10.6. The van der Waals surface area contributed by atoms with Gasteiger partial charge >= 0.3 is 19.1 Å². The molecule has 1 saturated heterocycles. The molecule has 0 unspecified atom stereocenters. The van der Waals surface area contributed by atoms with Crippen LogP contribution in [-0.4, -0.2) is 54.7 Å². The Balaban J connectivity index is 1.64. The number of hydrogen-bond donors (Lipinski definition) is 0. The highest BCUT2D eigenvalue weighted by Gasteiger charge is 2.32. The minimum atomic E-state index is -0.870. The lowest BCUT2D eigenvalue weighted by atomic mass is 9.94. The number of likely N-dealkylation sites (N-methyl/N-ethyl adjacent to an activating group) is 1. The summed E-state index contributed by atoms with van der Waals surface area (Å²) in [6, 6.07) is 7.85. The third-order valence-corrected chi connectivity index (χ3v) is 5.15. The average Bonchev–Trinajstić information content (AvgIpc) is 2.85. The topological polar surface area (TPSA) is 68.7 Å². The molecule has 2 aromatic rings. The number of aromatic nitrogens is 1. The smallest absolute Gasteiger partial charge is 0.498 e. The number of carbonyl (C=O) groups is 2. The van der Waals surface area contributed by atoms with Crippen LogP contribution >= 0.6 is 23.1 Å². The lowest BCUT2D eigenvalue weighted by molar-refractivity contribution is -0.145. The second-order valence-corrected chi connectivity index (χ2v) is 7.14. The van der Waals surface area contributed by atoms with Gasteiger partial charge in [0, 0.05) is 0 Å². The van der Waals surface area contributed by atoms with Crippen LogP contribution in [0.1, 0.15) is 0 Å². The monoisotopic (exact) mass is 336 g/mol. The van der Waals surface area contributed by atoms with Crippen molar-refractivity contribution >= 4 is 52.4 Å². The molecule has 1 aromatic heterocycles. The Morgan fingerprint density at radius 3 is 2.64 bits per heavy atom. The molecule has 0 saturated carbocycles. The van der Waals surface area contributed by atoms with Gasteiger partial charge in [-0.1, -0.05) is 23.9 Å². The molecule has 0 spiro atoms. The summed E-state index contributed by atoms with van der Waals surface area (Å²) in [5, 5.41) is 0. The molecule has 3 rings (SSSR count). The van der Waals surface area contributed by atoms with E-state index in [-0.39, 0.29) is 13.1 Å². The van der Waals surface area contributed by atoms with Crippen LogP contribution in [0, 0.1) is 0 Å². The van der Waals surface area contributed by atoms with Crippen molar-refractivity contribution in [2.75, 3.05) is 25.8 Å². The number of thiazole rings is 1. The van der Waals surface area contributed by atoms with Gasteiger partial charge in [-0.3, -0.25) is 14.5 Å². The van der Waals surface area contributed by atoms with Crippen molar-refractivity contribution < 1.29 is 18.9 Å². The summed E-state index contributed by atoms with van der Waals surface area (Å²) in [7, 11) is 0.796. The standard InChI is InChI=1S/C13H13BN2O4S2/c1-16-6-11(17)19-14(20-12(18)7-16)8-21-13-15-9-4-2-3-5-10(9)22-13/h2-5H,6-8H2,1H3. The Bertz CT molecular complexity index is 655. The van der Waals surface area contributed by atoms with Crippen molar-refractivity contribution in [1.82, 2.24) is 9.88 Å². The minimum Gasteiger partial charge on any atom is -0.498 e. The average molecular weight is 336 g/mol. The molecule has 0 radical (unpaired) electrons. The fourth-order valence-corrected chi connectivity index (χ4v) is 3.99. The van der Waals surface area contributed by atoms with Crippen molar-refractivity contribution in [1.29, 1.82) is 0 Å². The van der Waals surface area contributed by atoms with Gasteiger partial charge in [-0.2, -0.15) is 0 Å². The normalized spacial score (nSPS) is 17.0. The molecule has 1 aliphatic heterocycles. The highest BCUT2D eigenvalue weighted by atomic mass is 32.2. The Labute approximate surface area is 135 Å². The van der Waals surface area contributed by atoms with E-state index < -0.39 is 19.1 Å². The fourth-order valence-electron chi connectivity index (χ4n) is 2.01. The van der Waals surface area contributed by atoms with Gasteiger partial charge in [-0.25, -0.2) is 4.98 Å². The van der Waals surface area contributed by atoms with E-state index in [4.69, 9.17) is 9.31 Å². The Morgan fingerprint density at radius 1 is 1.27 bits per heavy atom. The van der Waals surface area contributed by atoms with Crippen LogP contribution in [0.4, 0.5) is 0 Å². The molecule has 22 heavy (non-hydrogen) atoms. The molecule has 0 bridgehead atoms. The van der Waals surface area contributed by atoms with Crippen molar-refractivity contribution in [2.24, 2.45) is 0 Å². The van der Waals surface area contributed by atoms with E-state index in [2.05, 4.69) is 4.98 Å². The Morgan fingerprint density at radius 2 is 1.95 bits per heavy atom. The Kier molecular flexibility index (Phi) is 4.65. The molecule has 1 fully saturated rings. The first-order valence-electron chi connectivity index (χ1n) is 6.66. The zero-order chi connectivity index (χ0) is 15.5. The maximum absolute atomic E-state index is 11.6. The number of rotatable bonds is 3. The van der Waals surface area contributed by atoms with Gasteiger partial charge in [0.15, 0.2) is 4.34 Å². The molecule has 0 aliphatic carbocycles. The minimum absolute atomic E-state index is 0.0808.